The largest absolute Gasteiger partial charge is 0.481 e. The minimum absolute atomic E-state index is 0.00788. The first-order valence-corrected chi connectivity index (χ1v) is 36.0. The van der Waals surface area contributed by atoms with Gasteiger partial charge in [-0.1, -0.05) is 46.3 Å². The zero-order chi connectivity index (χ0) is 75.8. The summed E-state index contributed by atoms with van der Waals surface area (Å²) in [5.74, 6) is -3.42. The predicted octanol–water partition coefficient (Wildman–Crippen LogP) is -6.94. The number of rotatable bonds is 19. The monoisotopic (exact) mass is 1500 g/mol. The fourth-order valence-electron chi connectivity index (χ4n) is 19.9. The lowest BCUT2D eigenvalue weighted by atomic mass is 9.32. The molecule has 5 aliphatic carbocycles. The molecule has 12 rings (SSSR count). The van der Waals surface area contributed by atoms with Gasteiger partial charge in [0.05, 0.1) is 82.0 Å². The van der Waals surface area contributed by atoms with Gasteiger partial charge in [-0.15, -0.1) is 0 Å². The Morgan fingerprint density at radius 3 is 1.64 bits per heavy atom. The molecule has 596 valence electrons. The van der Waals surface area contributed by atoms with E-state index in [2.05, 4.69) is 33.8 Å². The van der Waals surface area contributed by atoms with E-state index in [4.69, 9.17) is 66.3 Å². The summed E-state index contributed by atoms with van der Waals surface area (Å²) in [6.45, 7) is 7.47. The van der Waals surface area contributed by atoms with Crippen molar-refractivity contribution >= 4 is 11.9 Å². The molecule has 7 heterocycles. The summed E-state index contributed by atoms with van der Waals surface area (Å²) in [5.41, 5.74) is -9.27. The maximum atomic E-state index is 15.8. The molecule has 0 radical (unpaired) electrons. The number of carbonyl (C=O) groups is 2. The van der Waals surface area contributed by atoms with E-state index in [1.54, 1.807) is 6.92 Å². The van der Waals surface area contributed by atoms with Crippen molar-refractivity contribution < 1.29 is 178 Å². The van der Waals surface area contributed by atoms with Crippen LogP contribution < -0.4 is 0 Å². The second-order valence-corrected chi connectivity index (χ2v) is 33.2. The number of esters is 1. The average molecular weight is 1500 g/mol. The molecule has 0 aromatic heterocycles. The van der Waals surface area contributed by atoms with Crippen molar-refractivity contribution in [2.45, 2.75) is 296 Å². The van der Waals surface area contributed by atoms with E-state index in [-0.39, 0.29) is 37.0 Å². The molecule has 20 N–H and O–H groups in total. The highest BCUT2D eigenvalue weighted by Crippen LogP contribution is 2.77. The van der Waals surface area contributed by atoms with Crippen LogP contribution in [0.4, 0.5) is 0 Å². The molecule has 11 fully saturated rings. The number of carboxylic acid groups (broad SMARTS) is 1. The van der Waals surface area contributed by atoms with Crippen molar-refractivity contribution in [2.24, 2.45) is 50.2 Å². The second-order valence-electron chi connectivity index (χ2n) is 33.2. The molecule has 36 heteroatoms. The summed E-state index contributed by atoms with van der Waals surface area (Å²) in [6.07, 6.45) is -46.0. The number of hydrogen-bond donors (Lipinski definition) is 20. The molecule has 36 nitrogen and oxygen atoms in total. The van der Waals surface area contributed by atoms with Gasteiger partial charge < -0.3 is 168 Å². The molecule has 39 atom stereocenters. The van der Waals surface area contributed by atoms with Crippen molar-refractivity contribution in [3.63, 3.8) is 0 Å². The molecular formula is C68H108O36. The Morgan fingerprint density at radius 1 is 0.510 bits per heavy atom. The summed E-state index contributed by atoms with van der Waals surface area (Å²) >= 11 is 0. The molecule has 0 bridgehead atoms. The number of carbonyl (C=O) groups excluding carboxylic acids is 1. The van der Waals surface area contributed by atoms with Crippen molar-refractivity contribution in [3.8, 4) is 0 Å². The van der Waals surface area contributed by atoms with Gasteiger partial charge in [0.1, 0.15) is 121 Å². The summed E-state index contributed by atoms with van der Waals surface area (Å²) in [4.78, 5) is 30.1. The van der Waals surface area contributed by atoms with Gasteiger partial charge in [0, 0.05) is 0 Å². The highest BCUT2D eigenvalue weighted by Gasteiger charge is 2.74. The van der Waals surface area contributed by atoms with Gasteiger partial charge in [-0.2, -0.15) is 0 Å². The zero-order valence-corrected chi connectivity index (χ0v) is 59.0. The van der Waals surface area contributed by atoms with Gasteiger partial charge in [0.15, 0.2) is 43.8 Å². The third kappa shape index (κ3) is 13.7. The van der Waals surface area contributed by atoms with E-state index in [0.717, 1.165) is 5.57 Å². The maximum Gasteiger partial charge on any atom is 0.315 e. The Morgan fingerprint density at radius 2 is 1.04 bits per heavy atom. The zero-order valence-electron chi connectivity index (χ0n) is 59.0. The molecule has 12 aliphatic rings. The van der Waals surface area contributed by atoms with Gasteiger partial charge in [-0.05, 0) is 111 Å². The lowest BCUT2D eigenvalue weighted by Gasteiger charge is -2.72. The second kappa shape index (κ2) is 29.8. The van der Waals surface area contributed by atoms with Crippen LogP contribution in [-0.2, 0) is 75.9 Å². The first-order valence-electron chi connectivity index (χ1n) is 36.0. The Bertz CT molecular complexity index is 3040. The van der Waals surface area contributed by atoms with Gasteiger partial charge in [0.2, 0.25) is 6.29 Å². The summed E-state index contributed by atoms with van der Waals surface area (Å²) in [7, 11) is 0. The van der Waals surface area contributed by atoms with Crippen molar-refractivity contribution in [3.05, 3.63) is 11.6 Å². The van der Waals surface area contributed by atoms with E-state index in [9.17, 15) is 107 Å². The van der Waals surface area contributed by atoms with Gasteiger partial charge >= 0.3 is 11.9 Å². The number of carboxylic acids is 1. The van der Waals surface area contributed by atoms with Crippen LogP contribution >= 0.6 is 0 Å². The fourth-order valence-corrected chi connectivity index (χ4v) is 19.9. The first-order chi connectivity index (χ1) is 48.7. The van der Waals surface area contributed by atoms with Crippen LogP contribution in [0.15, 0.2) is 11.6 Å². The molecule has 104 heavy (non-hydrogen) atoms. The van der Waals surface area contributed by atoms with Crippen LogP contribution in [0.25, 0.3) is 0 Å². The minimum Gasteiger partial charge on any atom is -0.481 e. The number of aliphatic hydroxyl groups excluding tert-OH is 17. The highest BCUT2D eigenvalue weighted by molar-refractivity contribution is 5.79. The molecule has 0 spiro atoms. The van der Waals surface area contributed by atoms with Crippen molar-refractivity contribution in [1.29, 1.82) is 0 Å². The molecule has 4 saturated carbocycles. The molecule has 0 aromatic carbocycles. The van der Waals surface area contributed by atoms with Crippen LogP contribution in [-0.4, -0.2) is 356 Å². The average Bonchev–Trinajstić information content (AvgIpc) is 0.765. The molecular weight excluding hydrogens is 1390 g/mol. The third-order valence-electron chi connectivity index (χ3n) is 26.3. The van der Waals surface area contributed by atoms with E-state index in [1.807, 2.05) is 6.92 Å². The first kappa shape index (κ1) is 80.9. The quantitative estimate of drug-likeness (QED) is 0.0325. The number of aliphatic hydroxyl groups is 19. The van der Waals surface area contributed by atoms with Crippen LogP contribution in [0.1, 0.15) is 106 Å². The summed E-state index contributed by atoms with van der Waals surface area (Å²) in [6, 6.07) is 0. The number of ether oxygens (including phenoxy) is 14. The number of aliphatic carboxylic acids is 1. The van der Waals surface area contributed by atoms with Gasteiger partial charge in [0.25, 0.3) is 0 Å². The highest BCUT2D eigenvalue weighted by atomic mass is 16.8. The molecule has 7 saturated heterocycles. The van der Waals surface area contributed by atoms with Crippen LogP contribution in [0.3, 0.4) is 0 Å². The molecule has 0 aromatic rings. The Hall–Kier alpha value is -2.60. The van der Waals surface area contributed by atoms with Crippen LogP contribution in [0, 0.1) is 50.2 Å². The third-order valence-corrected chi connectivity index (χ3v) is 26.3. The van der Waals surface area contributed by atoms with Crippen LogP contribution in [0.5, 0.6) is 0 Å². The van der Waals surface area contributed by atoms with Gasteiger partial charge in [-0.3, -0.25) is 9.59 Å². The molecule has 3 unspecified atom stereocenters. The van der Waals surface area contributed by atoms with E-state index in [1.165, 1.54) is 6.92 Å². The summed E-state index contributed by atoms with van der Waals surface area (Å²) < 4.78 is 83.2. The lowest BCUT2D eigenvalue weighted by molar-refractivity contribution is -0.383. The van der Waals surface area contributed by atoms with Crippen molar-refractivity contribution in [1.82, 2.24) is 0 Å². The summed E-state index contributed by atoms with van der Waals surface area (Å²) in [5, 5.41) is 220. The molecule has 0 amide bonds. The van der Waals surface area contributed by atoms with Crippen LogP contribution in [0.2, 0.25) is 0 Å². The SMILES string of the molecule is C[C@@H]1O[C@@H](O[C@H]2[C@H](OC(=O)[C@]34CCC(C)(C)CC3C3=CCC5[C@@]6(C)C[C@H](O)[C@H](O[C@@H]7O[C@H](CO)[C@@H](O)[C@H](O[C@@H]8O[C@H](CO)[C@@H](O)[C@H](O)[C@H]8O)[C@H]7O)CC6[C@@](C)(C(=O)O)C[C@@]5(C)[C@]3(C)CC4)OC[C@H](O)[C@@H]2O)[C@H](O)[C@H](O[C@@H]2OC[C@](O)(CO)[C@H]2O)[C@H]1O[C@@H]1OC[C@@H](O)[C@H](O[C@@H]2OC[C@](O)(CO)[C@H]2O)[C@H]1O. The Kier molecular flexibility index (Phi) is 23.2. The predicted molar refractivity (Wildman–Crippen MR) is 339 cm³/mol. The number of allylic oxidation sites excluding steroid dienone is 2. The number of fused-ring (bicyclic) bond motifs is 7. The Balaban J connectivity index is 0.780. The fraction of sp³-hybridized carbons (Fsp3) is 0.941. The lowest BCUT2D eigenvalue weighted by Crippen LogP contribution is -2.69. The Labute approximate surface area is 598 Å². The van der Waals surface area contributed by atoms with E-state index in [0.29, 0.717) is 32.1 Å². The standard InChI is InChI=1S/C68H108O36/c1-26-45(99-52-42(81)46(31(75)20-91-52)100-57-50(84)67(89,22-71)24-93-57)48(102-58-51(85)68(90,23-72)25-94-58)44(83)54(95-26)103-49-37(76)30(74)19-92-56(49)104-60(88)66-12-10-61(2,3)15-28(66)27-8-9-35-62(4)16-29(73)32(14-36(62)63(5,59(86)87)21-65(35,7)64(27,6)11-13-66)96-55-43(82)47(39(78)34(18-70)98-55)101-53-41(80)40(79)38(77)33(17-69)97-53/h8,26,28-58,69-85,89-90H,9-25H2,1-7H3,(H,86,87)/t26-,28?,29-,30-,31+,32+,33+,34+,35?,36?,37-,38+,39+,40-,41+,42+,43+,44+,45-,46-,47-,48-,49+,50-,51-,52-,53-,54-,55+,56-,57-,58-,62+,63-,64+,65+,66-,67+,68+/m0/s1. The van der Waals surface area contributed by atoms with Gasteiger partial charge in [-0.25, -0.2) is 0 Å². The molecule has 7 aliphatic heterocycles. The topological polar surface area (TPSA) is 568 Å². The van der Waals surface area contributed by atoms with E-state index < -0.39 is 293 Å². The number of hydrogen-bond acceptors (Lipinski definition) is 35. The normalized spacial score (nSPS) is 54.6. The van der Waals surface area contributed by atoms with E-state index >= 15 is 4.79 Å². The minimum atomic E-state index is -2.26. The smallest absolute Gasteiger partial charge is 0.315 e. The van der Waals surface area contributed by atoms with Crippen molar-refractivity contribution in [2.75, 3.05) is 52.9 Å². The maximum absolute atomic E-state index is 15.8.